The first kappa shape index (κ1) is 15.5. The van der Waals surface area contributed by atoms with Crippen LogP contribution < -0.4 is 15.8 Å². The van der Waals surface area contributed by atoms with Crippen LogP contribution in [0.5, 0.6) is 0 Å². The maximum atomic E-state index is 12.0. The molecule has 1 rings (SSSR count). The van der Waals surface area contributed by atoms with Crippen molar-refractivity contribution in [3.63, 3.8) is 0 Å². The van der Waals surface area contributed by atoms with Crippen molar-refractivity contribution >= 4 is 21.6 Å². The molecule has 0 heterocycles. The van der Waals surface area contributed by atoms with E-state index < -0.39 is 21.3 Å². The van der Waals surface area contributed by atoms with Gasteiger partial charge in [-0.3, -0.25) is 4.79 Å². The molecule has 0 fully saturated rings. The average molecular weight is 285 g/mol. The zero-order valence-electron chi connectivity index (χ0n) is 11.2. The minimum absolute atomic E-state index is 0.0432. The molecule has 1 aromatic carbocycles. The summed E-state index contributed by atoms with van der Waals surface area (Å²) in [6, 6.07) is 6.30. The van der Waals surface area contributed by atoms with Gasteiger partial charge in [-0.1, -0.05) is 0 Å². The summed E-state index contributed by atoms with van der Waals surface area (Å²) < 4.78 is 26.4. The summed E-state index contributed by atoms with van der Waals surface area (Å²) in [4.78, 5) is 11.3. The fourth-order valence-corrected chi connectivity index (χ4v) is 2.46. The molecule has 0 aliphatic heterocycles. The van der Waals surface area contributed by atoms with Gasteiger partial charge in [-0.25, -0.2) is 13.1 Å². The molecule has 106 valence electrons. The molecule has 0 unspecified atom stereocenters. The standard InChI is InChI=1S/C12H19N3O3S/c1-12(2,11(13)16)8-15-19(17,18)10-6-4-9(14-3)5-7-10/h4-7,14-15H,8H2,1-3H3,(H2,13,16). The largest absolute Gasteiger partial charge is 0.388 e. The van der Waals surface area contributed by atoms with Crippen molar-refractivity contribution in [2.75, 3.05) is 18.9 Å². The summed E-state index contributed by atoms with van der Waals surface area (Å²) in [7, 11) is -1.89. The Morgan fingerprint density at radius 3 is 2.21 bits per heavy atom. The van der Waals surface area contributed by atoms with Gasteiger partial charge >= 0.3 is 0 Å². The van der Waals surface area contributed by atoms with Crippen molar-refractivity contribution in [2.45, 2.75) is 18.7 Å². The van der Waals surface area contributed by atoms with Crippen molar-refractivity contribution in [3.05, 3.63) is 24.3 Å². The number of anilines is 1. The van der Waals surface area contributed by atoms with Crippen molar-refractivity contribution in [3.8, 4) is 0 Å². The van der Waals surface area contributed by atoms with Gasteiger partial charge in [-0.2, -0.15) is 0 Å². The Labute approximate surface area is 113 Å². The lowest BCUT2D eigenvalue weighted by atomic mass is 9.93. The summed E-state index contributed by atoms with van der Waals surface area (Å²) in [5.74, 6) is -0.555. The van der Waals surface area contributed by atoms with Gasteiger partial charge in [0.15, 0.2) is 0 Å². The van der Waals surface area contributed by atoms with E-state index in [2.05, 4.69) is 10.0 Å². The summed E-state index contributed by atoms with van der Waals surface area (Å²) in [6.45, 7) is 3.13. The van der Waals surface area contributed by atoms with Crippen LogP contribution in [-0.2, 0) is 14.8 Å². The molecular weight excluding hydrogens is 266 g/mol. The molecule has 19 heavy (non-hydrogen) atoms. The number of amides is 1. The molecule has 0 saturated heterocycles. The normalized spacial score (nSPS) is 12.2. The van der Waals surface area contributed by atoms with E-state index in [-0.39, 0.29) is 11.4 Å². The molecule has 7 heteroatoms. The molecule has 0 saturated carbocycles. The lowest BCUT2D eigenvalue weighted by molar-refractivity contribution is -0.125. The molecule has 0 aliphatic rings. The quantitative estimate of drug-likeness (QED) is 0.709. The fourth-order valence-electron chi connectivity index (χ4n) is 1.25. The van der Waals surface area contributed by atoms with Gasteiger partial charge < -0.3 is 11.1 Å². The zero-order chi connectivity index (χ0) is 14.7. The number of hydrogen-bond acceptors (Lipinski definition) is 4. The number of carbonyl (C=O) groups is 1. The second-order valence-corrected chi connectivity index (χ2v) is 6.61. The second kappa shape index (κ2) is 5.58. The third-order valence-electron chi connectivity index (χ3n) is 2.82. The van der Waals surface area contributed by atoms with Crippen LogP contribution in [0.2, 0.25) is 0 Å². The van der Waals surface area contributed by atoms with Gasteiger partial charge in [-0.15, -0.1) is 0 Å². The molecular formula is C12H19N3O3S. The Kier molecular flexibility index (Phi) is 4.54. The Hall–Kier alpha value is -1.60. The second-order valence-electron chi connectivity index (χ2n) is 4.85. The highest BCUT2D eigenvalue weighted by atomic mass is 32.2. The van der Waals surface area contributed by atoms with Crippen LogP contribution >= 0.6 is 0 Å². The smallest absolute Gasteiger partial charge is 0.240 e. The van der Waals surface area contributed by atoms with E-state index in [1.807, 2.05) is 0 Å². The van der Waals surface area contributed by atoms with Gasteiger partial charge in [-0.05, 0) is 38.1 Å². The van der Waals surface area contributed by atoms with Crippen molar-refractivity contribution in [1.29, 1.82) is 0 Å². The zero-order valence-corrected chi connectivity index (χ0v) is 12.0. The number of primary amides is 1. The monoisotopic (exact) mass is 285 g/mol. The number of nitrogens with one attached hydrogen (secondary N) is 2. The van der Waals surface area contributed by atoms with Gasteiger partial charge in [0.2, 0.25) is 15.9 Å². The first-order chi connectivity index (χ1) is 8.69. The first-order valence-corrected chi connectivity index (χ1v) is 7.25. The van der Waals surface area contributed by atoms with Gasteiger partial charge in [0, 0.05) is 19.3 Å². The summed E-state index contributed by atoms with van der Waals surface area (Å²) in [6.07, 6.45) is 0. The van der Waals surface area contributed by atoms with Crippen molar-refractivity contribution in [1.82, 2.24) is 4.72 Å². The number of hydrogen-bond donors (Lipinski definition) is 3. The fraction of sp³-hybridized carbons (Fsp3) is 0.417. The maximum absolute atomic E-state index is 12.0. The highest BCUT2D eigenvalue weighted by Gasteiger charge is 2.27. The average Bonchev–Trinajstić information content (AvgIpc) is 2.36. The molecule has 0 radical (unpaired) electrons. The summed E-state index contributed by atoms with van der Waals surface area (Å²) in [5, 5.41) is 2.90. The Balaban J connectivity index is 2.84. The van der Waals surface area contributed by atoms with Gasteiger partial charge in [0.05, 0.1) is 10.3 Å². The highest BCUT2D eigenvalue weighted by Crippen LogP contribution is 2.16. The predicted octanol–water partition coefficient (Wildman–Crippen LogP) is 0.518. The number of carbonyl (C=O) groups excluding carboxylic acids is 1. The highest BCUT2D eigenvalue weighted by molar-refractivity contribution is 7.89. The molecule has 0 atom stereocenters. The molecule has 4 N–H and O–H groups in total. The van der Waals surface area contributed by atoms with Crippen LogP contribution in [0.25, 0.3) is 0 Å². The van der Waals surface area contributed by atoms with E-state index in [1.165, 1.54) is 12.1 Å². The number of nitrogens with two attached hydrogens (primary N) is 1. The van der Waals surface area contributed by atoms with E-state index in [0.29, 0.717) is 0 Å². The lowest BCUT2D eigenvalue weighted by Crippen LogP contribution is -2.42. The van der Waals surface area contributed by atoms with E-state index >= 15 is 0 Å². The van der Waals surface area contributed by atoms with Crippen LogP contribution in [-0.4, -0.2) is 27.9 Å². The third-order valence-corrected chi connectivity index (χ3v) is 4.24. The minimum Gasteiger partial charge on any atom is -0.388 e. The molecule has 1 aromatic rings. The molecule has 1 amide bonds. The van der Waals surface area contributed by atoms with Crippen LogP contribution in [0.4, 0.5) is 5.69 Å². The molecule has 6 nitrogen and oxygen atoms in total. The van der Waals surface area contributed by atoms with E-state index in [0.717, 1.165) is 5.69 Å². The number of benzene rings is 1. The third kappa shape index (κ3) is 3.93. The summed E-state index contributed by atoms with van der Waals surface area (Å²) in [5.41, 5.74) is 5.08. The summed E-state index contributed by atoms with van der Waals surface area (Å²) >= 11 is 0. The van der Waals surface area contributed by atoms with E-state index in [9.17, 15) is 13.2 Å². The van der Waals surface area contributed by atoms with E-state index in [1.54, 1.807) is 33.0 Å². The van der Waals surface area contributed by atoms with Crippen molar-refractivity contribution in [2.24, 2.45) is 11.1 Å². The Bertz CT molecular complexity index is 550. The number of rotatable bonds is 6. The first-order valence-electron chi connectivity index (χ1n) is 5.76. The van der Waals surface area contributed by atoms with Gasteiger partial charge in [0.1, 0.15) is 0 Å². The van der Waals surface area contributed by atoms with Crippen LogP contribution in [0.1, 0.15) is 13.8 Å². The molecule has 0 aromatic heterocycles. The number of sulfonamides is 1. The van der Waals surface area contributed by atoms with Crippen LogP contribution in [0.3, 0.4) is 0 Å². The lowest BCUT2D eigenvalue weighted by Gasteiger charge is -2.20. The van der Waals surface area contributed by atoms with E-state index in [4.69, 9.17) is 5.73 Å². The van der Waals surface area contributed by atoms with Crippen LogP contribution in [0.15, 0.2) is 29.2 Å². The molecule has 0 bridgehead atoms. The Morgan fingerprint density at radius 1 is 1.26 bits per heavy atom. The van der Waals surface area contributed by atoms with Crippen LogP contribution in [0, 0.1) is 5.41 Å². The minimum atomic E-state index is -3.64. The molecule has 0 spiro atoms. The Morgan fingerprint density at radius 2 is 1.79 bits per heavy atom. The van der Waals surface area contributed by atoms with Gasteiger partial charge in [0.25, 0.3) is 0 Å². The SMILES string of the molecule is CNc1ccc(S(=O)(=O)NCC(C)(C)C(N)=O)cc1. The van der Waals surface area contributed by atoms with Crippen molar-refractivity contribution < 1.29 is 13.2 Å². The topological polar surface area (TPSA) is 101 Å². The molecule has 0 aliphatic carbocycles. The predicted molar refractivity (Wildman–Crippen MR) is 74.2 cm³/mol. The maximum Gasteiger partial charge on any atom is 0.240 e.